The van der Waals surface area contributed by atoms with Crippen molar-refractivity contribution in [3.8, 4) is 0 Å². The molecule has 1 aliphatic rings. The summed E-state index contributed by atoms with van der Waals surface area (Å²) in [5, 5.41) is 0. The molecular formula is C10H13NO2S. The normalized spacial score (nSPS) is 19.2. The molecule has 1 aromatic rings. The first-order valence-corrected chi connectivity index (χ1v) is 6.24. The second-order valence-corrected chi connectivity index (χ2v) is 5.92. The van der Waals surface area contributed by atoms with Gasteiger partial charge in [0.1, 0.15) is 0 Å². The Morgan fingerprint density at radius 3 is 2.29 bits per heavy atom. The number of benzene rings is 1. The minimum absolute atomic E-state index is 0.0734. The van der Waals surface area contributed by atoms with Gasteiger partial charge in [0.2, 0.25) is 0 Å². The summed E-state index contributed by atoms with van der Waals surface area (Å²) < 4.78 is 23.6. The molecule has 0 aliphatic heterocycles. The first-order valence-electron chi connectivity index (χ1n) is 4.59. The SMILES string of the molecule is NC1(CS(=O)(=O)c2ccccc2)CC1. The van der Waals surface area contributed by atoms with E-state index in [-0.39, 0.29) is 5.75 Å². The van der Waals surface area contributed by atoms with Crippen LogP contribution in [0.25, 0.3) is 0 Å². The maximum Gasteiger partial charge on any atom is 0.180 e. The van der Waals surface area contributed by atoms with Crippen LogP contribution in [0.15, 0.2) is 35.2 Å². The predicted octanol–water partition coefficient (Wildman–Crippen LogP) is 0.952. The standard InChI is InChI=1S/C10H13NO2S/c11-10(6-7-10)8-14(12,13)9-4-2-1-3-5-9/h1-5H,6-8,11H2. The fraction of sp³-hybridized carbons (Fsp3) is 0.400. The van der Waals surface area contributed by atoms with Crippen LogP contribution in [0.1, 0.15) is 12.8 Å². The van der Waals surface area contributed by atoms with Gasteiger partial charge >= 0.3 is 0 Å². The van der Waals surface area contributed by atoms with Gasteiger partial charge in [0, 0.05) is 5.54 Å². The predicted molar refractivity (Wildman–Crippen MR) is 54.6 cm³/mol. The zero-order valence-corrected chi connectivity index (χ0v) is 8.63. The average Bonchev–Trinajstić information content (AvgIpc) is 2.84. The summed E-state index contributed by atoms with van der Waals surface area (Å²) in [6.07, 6.45) is 1.64. The second kappa shape index (κ2) is 3.07. The van der Waals surface area contributed by atoms with Crippen LogP contribution >= 0.6 is 0 Å². The van der Waals surface area contributed by atoms with E-state index in [0.717, 1.165) is 12.8 Å². The minimum atomic E-state index is -3.18. The van der Waals surface area contributed by atoms with E-state index in [1.54, 1.807) is 30.3 Å². The quantitative estimate of drug-likeness (QED) is 0.809. The number of rotatable bonds is 3. The molecular weight excluding hydrogens is 198 g/mol. The molecule has 2 rings (SSSR count). The highest BCUT2D eigenvalue weighted by molar-refractivity contribution is 7.91. The van der Waals surface area contributed by atoms with Crippen molar-refractivity contribution in [2.45, 2.75) is 23.3 Å². The van der Waals surface area contributed by atoms with E-state index in [4.69, 9.17) is 5.73 Å². The summed E-state index contributed by atoms with van der Waals surface area (Å²) in [4.78, 5) is 0.372. The van der Waals surface area contributed by atoms with Crippen LogP contribution in [0.5, 0.6) is 0 Å². The summed E-state index contributed by atoms with van der Waals surface area (Å²) in [6, 6.07) is 8.47. The summed E-state index contributed by atoms with van der Waals surface area (Å²) in [5.74, 6) is 0.0734. The molecule has 0 aromatic heterocycles. The number of hydrogen-bond acceptors (Lipinski definition) is 3. The Labute approximate surface area is 83.9 Å². The molecule has 1 fully saturated rings. The second-order valence-electron chi connectivity index (χ2n) is 3.93. The molecule has 0 unspecified atom stereocenters. The first kappa shape index (κ1) is 9.68. The third-order valence-corrected chi connectivity index (χ3v) is 4.42. The van der Waals surface area contributed by atoms with Crippen molar-refractivity contribution in [2.75, 3.05) is 5.75 Å². The molecule has 0 atom stereocenters. The fourth-order valence-corrected chi connectivity index (χ4v) is 3.18. The molecule has 0 radical (unpaired) electrons. The van der Waals surface area contributed by atoms with Gasteiger partial charge in [-0.25, -0.2) is 8.42 Å². The van der Waals surface area contributed by atoms with Crippen LogP contribution in [0.3, 0.4) is 0 Å². The topological polar surface area (TPSA) is 60.2 Å². The van der Waals surface area contributed by atoms with Gasteiger partial charge in [0.05, 0.1) is 10.6 Å². The van der Waals surface area contributed by atoms with Crippen LogP contribution < -0.4 is 5.73 Å². The Morgan fingerprint density at radius 2 is 1.79 bits per heavy atom. The van der Waals surface area contributed by atoms with Crippen molar-refractivity contribution >= 4 is 9.84 Å². The third kappa shape index (κ3) is 1.96. The highest BCUT2D eigenvalue weighted by Gasteiger charge is 2.42. The van der Waals surface area contributed by atoms with Crippen LogP contribution in [0.4, 0.5) is 0 Å². The first-order chi connectivity index (χ1) is 6.52. The molecule has 3 nitrogen and oxygen atoms in total. The van der Waals surface area contributed by atoms with E-state index in [1.165, 1.54) is 0 Å². The molecule has 14 heavy (non-hydrogen) atoms. The molecule has 4 heteroatoms. The summed E-state index contributed by atoms with van der Waals surface area (Å²) in [6.45, 7) is 0. The van der Waals surface area contributed by atoms with E-state index in [9.17, 15) is 8.42 Å². The zero-order valence-electron chi connectivity index (χ0n) is 7.81. The largest absolute Gasteiger partial charge is 0.324 e. The van der Waals surface area contributed by atoms with Gasteiger partial charge in [-0.3, -0.25) is 0 Å². The van der Waals surface area contributed by atoms with Crippen LogP contribution in [0, 0.1) is 0 Å². The van der Waals surface area contributed by atoms with Gasteiger partial charge in [-0.1, -0.05) is 18.2 Å². The highest BCUT2D eigenvalue weighted by atomic mass is 32.2. The Balaban J connectivity index is 2.25. The molecule has 0 spiro atoms. The van der Waals surface area contributed by atoms with Crippen molar-refractivity contribution in [3.63, 3.8) is 0 Å². The highest BCUT2D eigenvalue weighted by Crippen LogP contribution is 2.34. The fourth-order valence-electron chi connectivity index (χ4n) is 1.39. The molecule has 0 heterocycles. The van der Waals surface area contributed by atoms with Gasteiger partial charge in [-0.15, -0.1) is 0 Å². The van der Waals surface area contributed by atoms with Gasteiger partial charge < -0.3 is 5.73 Å². The van der Waals surface area contributed by atoms with Crippen LogP contribution in [0.2, 0.25) is 0 Å². The smallest absolute Gasteiger partial charge is 0.180 e. The monoisotopic (exact) mass is 211 g/mol. The Hall–Kier alpha value is -0.870. The van der Waals surface area contributed by atoms with E-state index >= 15 is 0 Å². The van der Waals surface area contributed by atoms with Crippen molar-refractivity contribution in [2.24, 2.45) is 5.73 Å². The van der Waals surface area contributed by atoms with Crippen molar-refractivity contribution < 1.29 is 8.42 Å². The van der Waals surface area contributed by atoms with Gasteiger partial charge in [0.25, 0.3) is 0 Å². The zero-order chi connectivity index (χ0) is 10.2. The lowest BCUT2D eigenvalue weighted by atomic mass is 10.4. The maximum absolute atomic E-state index is 11.8. The van der Waals surface area contributed by atoms with E-state index in [1.807, 2.05) is 0 Å². The maximum atomic E-state index is 11.8. The molecule has 1 saturated carbocycles. The number of nitrogens with two attached hydrogens (primary N) is 1. The molecule has 1 aromatic carbocycles. The molecule has 2 N–H and O–H groups in total. The molecule has 0 saturated heterocycles. The molecule has 0 bridgehead atoms. The Morgan fingerprint density at radius 1 is 1.21 bits per heavy atom. The van der Waals surface area contributed by atoms with Crippen molar-refractivity contribution in [3.05, 3.63) is 30.3 Å². The molecule has 0 amide bonds. The lowest BCUT2D eigenvalue weighted by Gasteiger charge is -2.09. The number of hydrogen-bond donors (Lipinski definition) is 1. The number of sulfone groups is 1. The van der Waals surface area contributed by atoms with E-state index in [0.29, 0.717) is 4.90 Å². The average molecular weight is 211 g/mol. The van der Waals surface area contributed by atoms with Crippen LogP contribution in [-0.2, 0) is 9.84 Å². The summed E-state index contributed by atoms with van der Waals surface area (Å²) in [5.41, 5.74) is 5.34. The lowest BCUT2D eigenvalue weighted by Crippen LogP contribution is -2.31. The minimum Gasteiger partial charge on any atom is -0.324 e. The molecule has 1 aliphatic carbocycles. The van der Waals surface area contributed by atoms with E-state index < -0.39 is 15.4 Å². The third-order valence-electron chi connectivity index (χ3n) is 2.47. The van der Waals surface area contributed by atoms with Crippen molar-refractivity contribution in [1.82, 2.24) is 0 Å². The Kier molecular flexibility index (Phi) is 2.12. The lowest BCUT2D eigenvalue weighted by molar-refractivity contribution is 0.585. The molecule has 76 valence electrons. The summed E-state index contributed by atoms with van der Waals surface area (Å²) in [7, 11) is -3.18. The van der Waals surface area contributed by atoms with Gasteiger partial charge in [0.15, 0.2) is 9.84 Å². The Bertz CT molecular complexity index is 421. The van der Waals surface area contributed by atoms with Gasteiger partial charge in [-0.05, 0) is 25.0 Å². The van der Waals surface area contributed by atoms with Gasteiger partial charge in [-0.2, -0.15) is 0 Å². The van der Waals surface area contributed by atoms with Crippen LogP contribution in [-0.4, -0.2) is 19.7 Å². The van der Waals surface area contributed by atoms with E-state index in [2.05, 4.69) is 0 Å². The van der Waals surface area contributed by atoms with Crippen molar-refractivity contribution in [1.29, 1.82) is 0 Å². The summed E-state index contributed by atoms with van der Waals surface area (Å²) >= 11 is 0.